The van der Waals surface area contributed by atoms with Gasteiger partial charge in [-0.3, -0.25) is 4.79 Å². The van der Waals surface area contributed by atoms with Gasteiger partial charge in [0, 0.05) is 5.41 Å². The Bertz CT molecular complexity index is 418. The Kier molecular flexibility index (Phi) is 8.52. The van der Waals surface area contributed by atoms with Gasteiger partial charge < -0.3 is 4.74 Å². The normalized spacial score (nSPS) is 34.1. The van der Waals surface area contributed by atoms with Gasteiger partial charge in [-0.15, -0.1) is 0 Å². The lowest BCUT2D eigenvalue weighted by Gasteiger charge is -2.60. The third-order valence-electron chi connectivity index (χ3n) is 8.09. The minimum absolute atomic E-state index is 0.246. The fourth-order valence-electron chi connectivity index (χ4n) is 7.14. The molecule has 0 spiro atoms. The van der Waals surface area contributed by atoms with E-state index in [1.807, 2.05) is 0 Å². The van der Waals surface area contributed by atoms with Crippen LogP contribution in [0.3, 0.4) is 0 Å². The molecule has 4 fully saturated rings. The average Bonchev–Trinajstić information content (AvgIpc) is 2.65. The van der Waals surface area contributed by atoms with Crippen molar-refractivity contribution >= 4 is 6.47 Å². The monoisotopic (exact) mass is 376 g/mol. The number of carbonyl (C=O) groups excluding carboxylic acids is 1. The molecule has 2 heteroatoms. The molecule has 0 aromatic rings. The first-order chi connectivity index (χ1) is 13.3. The van der Waals surface area contributed by atoms with Crippen LogP contribution in [0.4, 0.5) is 0 Å². The fourth-order valence-corrected chi connectivity index (χ4v) is 7.14. The molecular formula is C25H44O2. The molecule has 2 nitrogen and oxygen atoms in total. The fraction of sp³-hybridized carbons (Fsp3) is 0.960. The Hall–Kier alpha value is -0.530. The zero-order chi connectivity index (χ0) is 19.0. The summed E-state index contributed by atoms with van der Waals surface area (Å²) in [4.78, 5) is 11.1. The first-order valence-corrected chi connectivity index (χ1v) is 12.4. The second-order valence-electron chi connectivity index (χ2n) is 10.3. The van der Waals surface area contributed by atoms with Crippen molar-refractivity contribution in [3.05, 3.63) is 0 Å². The topological polar surface area (TPSA) is 26.3 Å². The van der Waals surface area contributed by atoms with E-state index in [9.17, 15) is 4.79 Å². The van der Waals surface area contributed by atoms with Crippen LogP contribution in [0.1, 0.15) is 122 Å². The zero-order valence-corrected chi connectivity index (χ0v) is 17.9. The molecule has 4 aliphatic rings. The summed E-state index contributed by atoms with van der Waals surface area (Å²) < 4.78 is 5.70. The van der Waals surface area contributed by atoms with E-state index in [1.165, 1.54) is 116 Å². The summed E-state index contributed by atoms with van der Waals surface area (Å²) in [5, 5.41) is 0. The van der Waals surface area contributed by atoms with Gasteiger partial charge in [0.25, 0.3) is 6.47 Å². The maximum atomic E-state index is 11.1. The highest BCUT2D eigenvalue weighted by Gasteiger charge is 2.57. The van der Waals surface area contributed by atoms with Crippen LogP contribution in [0, 0.1) is 23.2 Å². The van der Waals surface area contributed by atoms with Gasteiger partial charge in [0.15, 0.2) is 0 Å². The van der Waals surface area contributed by atoms with E-state index >= 15 is 0 Å². The van der Waals surface area contributed by atoms with Crippen molar-refractivity contribution in [1.82, 2.24) is 0 Å². The lowest BCUT2D eigenvalue weighted by Crippen LogP contribution is -2.56. The first kappa shape index (κ1) is 21.2. The Morgan fingerprint density at radius 2 is 1.30 bits per heavy atom. The molecule has 4 rings (SSSR count). The lowest BCUT2D eigenvalue weighted by molar-refractivity contribution is -0.184. The highest BCUT2D eigenvalue weighted by molar-refractivity contribution is 5.38. The number of unbranched alkanes of at least 4 members (excludes halogenated alkanes) is 11. The molecule has 27 heavy (non-hydrogen) atoms. The van der Waals surface area contributed by atoms with E-state index < -0.39 is 0 Å². The summed E-state index contributed by atoms with van der Waals surface area (Å²) in [6.45, 7) is 3.04. The number of ether oxygens (including phenoxy) is 1. The van der Waals surface area contributed by atoms with Crippen molar-refractivity contribution in [2.75, 3.05) is 0 Å². The standard InChI is InChI=1S/C25H44O2/c1-2-3-4-5-6-7-8-9-10-11-12-13-14-25-18-21-15-22(19-25)17-23(16-21)24(25)27-20-26/h20-24H,2-19H2,1H3/t21-,22+,23?,24?,25?. The highest BCUT2D eigenvalue weighted by Crippen LogP contribution is 2.62. The minimum Gasteiger partial charge on any atom is -0.464 e. The second kappa shape index (κ2) is 10.9. The molecule has 0 saturated heterocycles. The van der Waals surface area contributed by atoms with E-state index in [4.69, 9.17) is 4.74 Å². The lowest BCUT2D eigenvalue weighted by atomic mass is 9.47. The summed E-state index contributed by atoms with van der Waals surface area (Å²) >= 11 is 0. The van der Waals surface area contributed by atoms with E-state index in [0.29, 0.717) is 11.3 Å². The van der Waals surface area contributed by atoms with Crippen LogP contribution in [0.15, 0.2) is 0 Å². The summed E-state index contributed by atoms with van der Waals surface area (Å²) in [6.07, 6.45) is 25.3. The molecule has 0 N–H and O–H groups in total. The van der Waals surface area contributed by atoms with Crippen molar-refractivity contribution in [3.63, 3.8) is 0 Å². The van der Waals surface area contributed by atoms with Gasteiger partial charge in [-0.05, 0) is 56.3 Å². The van der Waals surface area contributed by atoms with Gasteiger partial charge in [0.1, 0.15) is 6.10 Å². The van der Waals surface area contributed by atoms with Crippen LogP contribution < -0.4 is 0 Å². The van der Waals surface area contributed by atoms with Gasteiger partial charge in [0.05, 0.1) is 0 Å². The molecule has 0 amide bonds. The third kappa shape index (κ3) is 5.73. The average molecular weight is 377 g/mol. The SMILES string of the molecule is CCCCCCCCCCCCCCC12C[C@@H]3CC(C[C@@H](C3)C1)C2OC=O. The number of hydrogen-bond donors (Lipinski definition) is 0. The molecule has 3 unspecified atom stereocenters. The highest BCUT2D eigenvalue weighted by atomic mass is 16.5. The van der Waals surface area contributed by atoms with Gasteiger partial charge in [-0.1, -0.05) is 84.0 Å². The summed E-state index contributed by atoms with van der Waals surface area (Å²) in [7, 11) is 0. The third-order valence-corrected chi connectivity index (χ3v) is 8.09. The minimum atomic E-state index is 0.246. The molecular weight excluding hydrogens is 332 g/mol. The van der Waals surface area contributed by atoms with Gasteiger partial charge in [-0.25, -0.2) is 0 Å². The molecule has 0 aromatic carbocycles. The predicted octanol–water partition coefficient (Wildman–Crippen LogP) is 7.45. The van der Waals surface area contributed by atoms with Crippen molar-refractivity contribution in [1.29, 1.82) is 0 Å². The first-order valence-electron chi connectivity index (χ1n) is 12.4. The van der Waals surface area contributed by atoms with Crippen LogP contribution >= 0.6 is 0 Å². The maximum absolute atomic E-state index is 11.1. The maximum Gasteiger partial charge on any atom is 0.293 e. The molecule has 5 atom stereocenters. The predicted molar refractivity (Wildman–Crippen MR) is 113 cm³/mol. The molecule has 0 heterocycles. The van der Waals surface area contributed by atoms with Gasteiger partial charge >= 0.3 is 0 Å². The molecule has 0 radical (unpaired) electrons. The summed E-state index contributed by atoms with van der Waals surface area (Å²) in [6, 6.07) is 0. The van der Waals surface area contributed by atoms with Crippen LogP contribution in [0.2, 0.25) is 0 Å². The summed E-state index contributed by atoms with van der Waals surface area (Å²) in [5.74, 6) is 2.55. The van der Waals surface area contributed by atoms with Crippen molar-refractivity contribution in [3.8, 4) is 0 Å². The van der Waals surface area contributed by atoms with Gasteiger partial charge in [0.2, 0.25) is 0 Å². The van der Waals surface area contributed by atoms with Crippen LogP contribution in [-0.4, -0.2) is 12.6 Å². The van der Waals surface area contributed by atoms with E-state index in [2.05, 4.69) is 6.92 Å². The Balaban J connectivity index is 1.27. The quantitative estimate of drug-likeness (QED) is 0.219. The Morgan fingerprint density at radius 3 is 1.81 bits per heavy atom. The molecule has 0 aliphatic heterocycles. The molecule has 4 saturated carbocycles. The van der Waals surface area contributed by atoms with Crippen molar-refractivity contribution in [2.24, 2.45) is 23.2 Å². The molecule has 0 aromatic heterocycles. The zero-order valence-electron chi connectivity index (χ0n) is 17.9. The van der Waals surface area contributed by atoms with Crippen LogP contribution in [0.25, 0.3) is 0 Å². The van der Waals surface area contributed by atoms with Crippen molar-refractivity contribution in [2.45, 2.75) is 129 Å². The Morgan fingerprint density at radius 1 is 0.778 bits per heavy atom. The smallest absolute Gasteiger partial charge is 0.293 e. The molecule has 4 aliphatic carbocycles. The van der Waals surface area contributed by atoms with E-state index in [-0.39, 0.29) is 6.10 Å². The number of carbonyl (C=O) groups is 1. The van der Waals surface area contributed by atoms with Crippen LogP contribution in [0.5, 0.6) is 0 Å². The van der Waals surface area contributed by atoms with E-state index in [1.54, 1.807) is 0 Å². The van der Waals surface area contributed by atoms with Gasteiger partial charge in [-0.2, -0.15) is 0 Å². The van der Waals surface area contributed by atoms with Crippen LogP contribution in [-0.2, 0) is 9.53 Å². The summed E-state index contributed by atoms with van der Waals surface area (Å²) in [5.41, 5.74) is 0.355. The van der Waals surface area contributed by atoms with E-state index in [0.717, 1.165) is 18.3 Å². The molecule has 156 valence electrons. The second-order valence-corrected chi connectivity index (χ2v) is 10.3. The number of rotatable bonds is 15. The Labute approximate surface area is 168 Å². The van der Waals surface area contributed by atoms with Crippen molar-refractivity contribution < 1.29 is 9.53 Å². The molecule has 4 bridgehead atoms. The largest absolute Gasteiger partial charge is 0.464 e. The number of hydrogen-bond acceptors (Lipinski definition) is 2.